The molecule has 1 aromatic heterocycles. The normalized spacial score (nSPS) is 10.2. The molecule has 0 aliphatic heterocycles. The molecule has 7 heteroatoms. The molecule has 0 aliphatic carbocycles. The van der Waals surface area contributed by atoms with Gasteiger partial charge in [0.15, 0.2) is 0 Å². The summed E-state index contributed by atoms with van der Waals surface area (Å²) in [6, 6.07) is 16.7. The number of methoxy groups -OCH3 is 1. The lowest BCUT2D eigenvalue weighted by atomic mass is 10.1. The highest BCUT2D eigenvalue weighted by molar-refractivity contribution is 5.89. The number of nitrogens with zero attached hydrogens (tertiary/aromatic N) is 1. The van der Waals surface area contributed by atoms with Crippen molar-refractivity contribution in [3.63, 3.8) is 0 Å². The molecule has 1 heterocycles. The summed E-state index contributed by atoms with van der Waals surface area (Å²) in [4.78, 5) is 15.8. The van der Waals surface area contributed by atoms with Crippen LogP contribution < -0.4 is 26.1 Å². The number of hydrazine groups is 1. The molecule has 0 bridgehead atoms. The van der Waals surface area contributed by atoms with Crippen LogP contribution in [0.15, 0.2) is 60.8 Å². The van der Waals surface area contributed by atoms with Crippen LogP contribution in [-0.4, -0.2) is 18.1 Å². The lowest BCUT2D eigenvalue weighted by molar-refractivity contribution is 0.252. The lowest BCUT2D eigenvalue weighted by Crippen LogP contribution is -2.34. The second-order valence-electron chi connectivity index (χ2n) is 6.11. The predicted molar refractivity (Wildman–Crippen MR) is 108 cm³/mol. The van der Waals surface area contributed by atoms with Gasteiger partial charge in [0.05, 0.1) is 7.11 Å². The molecule has 0 atom stereocenters. The molecule has 0 aliphatic rings. The number of aromatic nitrogens is 1. The van der Waals surface area contributed by atoms with Crippen molar-refractivity contribution in [2.45, 2.75) is 13.5 Å². The Morgan fingerprint density at radius 2 is 1.93 bits per heavy atom. The fraction of sp³-hybridized carbons (Fsp3) is 0.143. The van der Waals surface area contributed by atoms with Crippen molar-refractivity contribution in [3.05, 3.63) is 71.9 Å². The van der Waals surface area contributed by atoms with E-state index >= 15 is 0 Å². The average molecular weight is 378 g/mol. The number of nitrogens with two attached hydrogens (primary N) is 1. The molecule has 0 saturated carbocycles. The Labute approximate surface area is 163 Å². The number of pyridine rings is 1. The first-order valence-corrected chi connectivity index (χ1v) is 8.70. The van der Waals surface area contributed by atoms with Gasteiger partial charge in [0, 0.05) is 29.1 Å². The van der Waals surface area contributed by atoms with Crippen molar-refractivity contribution in [1.82, 2.24) is 10.4 Å². The summed E-state index contributed by atoms with van der Waals surface area (Å²) in [5, 5.41) is 2.71. The Morgan fingerprint density at radius 1 is 1.11 bits per heavy atom. The van der Waals surface area contributed by atoms with E-state index in [1.165, 1.54) is 0 Å². The van der Waals surface area contributed by atoms with Crippen LogP contribution in [0.4, 0.5) is 10.5 Å². The number of anilines is 1. The number of amides is 2. The van der Waals surface area contributed by atoms with Crippen molar-refractivity contribution in [2.24, 2.45) is 5.84 Å². The van der Waals surface area contributed by atoms with Gasteiger partial charge in [0.1, 0.15) is 12.4 Å². The maximum atomic E-state index is 11.6. The second-order valence-corrected chi connectivity index (χ2v) is 6.11. The topological polar surface area (TPSA) is 98.5 Å². The third-order valence-electron chi connectivity index (χ3n) is 4.29. The summed E-state index contributed by atoms with van der Waals surface area (Å²) < 4.78 is 11.1. The third kappa shape index (κ3) is 4.57. The Balaban J connectivity index is 1.77. The van der Waals surface area contributed by atoms with Crippen LogP contribution in [0, 0.1) is 6.92 Å². The first-order valence-electron chi connectivity index (χ1n) is 8.70. The molecule has 2 amide bonds. The van der Waals surface area contributed by atoms with Crippen molar-refractivity contribution < 1.29 is 14.3 Å². The minimum atomic E-state index is -0.485. The monoisotopic (exact) mass is 378 g/mol. The van der Waals surface area contributed by atoms with Crippen LogP contribution in [0.25, 0.3) is 11.1 Å². The summed E-state index contributed by atoms with van der Waals surface area (Å²) in [7, 11) is 1.59. The standard InChI is InChI=1S/C21H22N4O3/c1-14-5-3-8-19(24-21(26)25-22)18(14)13-28-17-7-4-6-15(11-17)16-9-10-20(27-2)23-12-16/h3-12H,13,22H2,1-2H3,(H2,24,25,26). The maximum Gasteiger partial charge on any atom is 0.333 e. The van der Waals surface area contributed by atoms with Gasteiger partial charge in [0.2, 0.25) is 5.88 Å². The van der Waals surface area contributed by atoms with Crippen molar-refractivity contribution >= 4 is 11.7 Å². The van der Waals surface area contributed by atoms with Crippen LogP contribution in [0.2, 0.25) is 0 Å². The number of hydrogen-bond donors (Lipinski definition) is 3. The molecule has 0 fully saturated rings. The van der Waals surface area contributed by atoms with Crippen molar-refractivity contribution in [2.75, 3.05) is 12.4 Å². The minimum Gasteiger partial charge on any atom is -0.489 e. The van der Waals surface area contributed by atoms with Gasteiger partial charge in [-0.15, -0.1) is 0 Å². The number of urea groups is 1. The fourth-order valence-electron chi connectivity index (χ4n) is 2.76. The molecule has 28 heavy (non-hydrogen) atoms. The first-order chi connectivity index (χ1) is 13.6. The van der Waals surface area contributed by atoms with E-state index < -0.39 is 6.03 Å². The number of ether oxygens (including phenoxy) is 2. The van der Waals surface area contributed by atoms with Gasteiger partial charge in [-0.25, -0.2) is 15.6 Å². The van der Waals surface area contributed by atoms with E-state index in [4.69, 9.17) is 15.3 Å². The first kappa shape index (κ1) is 19.2. The van der Waals surface area contributed by atoms with Gasteiger partial charge in [-0.1, -0.05) is 24.3 Å². The summed E-state index contributed by atoms with van der Waals surface area (Å²) in [6.45, 7) is 2.26. The van der Waals surface area contributed by atoms with Gasteiger partial charge in [-0.2, -0.15) is 0 Å². The van der Waals surface area contributed by atoms with Gasteiger partial charge < -0.3 is 14.8 Å². The maximum absolute atomic E-state index is 11.6. The van der Waals surface area contributed by atoms with Gasteiger partial charge in [-0.05, 0) is 42.3 Å². The van der Waals surface area contributed by atoms with Gasteiger partial charge in [0.25, 0.3) is 0 Å². The lowest BCUT2D eigenvalue weighted by Gasteiger charge is -2.15. The molecule has 0 spiro atoms. The van der Waals surface area contributed by atoms with E-state index in [2.05, 4.69) is 15.7 Å². The predicted octanol–water partition coefficient (Wildman–Crippen LogP) is 3.64. The molecule has 7 nitrogen and oxygen atoms in total. The van der Waals surface area contributed by atoms with Crippen molar-refractivity contribution in [1.29, 1.82) is 0 Å². The van der Waals surface area contributed by atoms with Crippen LogP contribution >= 0.6 is 0 Å². The number of nitrogens with one attached hydrogen (secondary N) is 2. The van der Waals surface area contributed by atoms with E-state index in [1.54, 1.807) is 19.4 Å². The summed E-state index contributed by atoms with van der Waals surface area (Å²) in [5.74, 6) is 6.44. The summed E-state index contributed by atoms with van der Waals surface area (Å²) in [6.07, 6.45) is 1.76. The molecule has 0 unspecified atom stereocenters. The van der Waals surface area contributed by atoms with E-state index in [0.717, 1.165) is 22.3 Å². The van der Waals surface area contributed by atoms with Crippen LogP contribution in [0.1, 0.15) is 11.1 Å². The molecule has 2 aromatic carbocycles. The molecular weight excluding hydrogens is 356 g/mol. The fourth-order valence-corrected chi connectivity index (χ4v) is 2.76. The summed E-state index contributed by atoms with van der Waals surface area (Å²) >= 11 is 0. The highest BCUT2D eigenvalue weighted by atomic mass is 16.5. The zero-order valence-corrected chi connectivity index (χ0v) is 15.7. The Kier molecular flexibility index (Phi) is 6.08. The number of benzene rings is 2. The second kappa shape index (κ2) is 8.88. The van der Waals surface area contributed by atoms with E-state index in [0.29, 0.717) is 23.9 Å². The molecular formula is C21H22N4O3. The SMILES string of the molecule is COc1ccc(-c2cccc(OCc3c(C)cccc3NC(=O)NN)c2)cn1. The largest absolute Gasteiger partial charge is 0.489 e. The number of carbonyl (C=O) groups is 1. The van der Waals surface area contributed by atoms with Gasteiger partial charge in [-0.3, -0.25) is 5.43 Å². The molecule has 0 saturated heterocycles. The molecule has 144 valence electrons. The molecule has 3 aromatic rings. The number of hydrogen-bond acceptors (Lipinski definition) is 5. The Morgan fingerprint density at radius 3 is 2.64 bits per heavy atom. The Bertz CT molecular complexity index is 958. The van der Waals surface area contributed by atoms with Gasteiger partial charge >= 0.3 is 6.03 Å². The Hall–Kier alpha value is -3.58. The molecule has 4 N–H and O–H groups in total. The van der Waals surface area contributed by atoms with Crippen LogP contribution in [-0.2, 0) is 6.61 Å². The zero-order valence-electron chi connectivity index (χ0n) is 15.7. The third-order valence-corrected chi connectivity index (χ3v) is 4.29. The van der Waals surface area contributed by atoms with Crippen LogP contribution in [0.3, 0.4) is 0 Å². The average Bonchev–Trinajstić information content (AvgIpc) is 2.73. The number of rotatable bonds is 6. The van der Waals surface area contributed by atoms with E-state index in [-0.39, 0.29) is 0 Å². The van der Waals surface area contributed by atoms with E-state index in [1.807, 2.05) is 55.5 Å². The number of carbonyl (C=O) groups excluding carboxylic acids is 1. The van der Waals surface area contributed by atoms with Crippen molar-refractivity contribution in [3.8, 4) is 22.8 Å². The smallest absolute Gasteiger partial charge is 0.333 e. The number of aryl methyl sites for hydroxylation is 1. The highest BCUT2D eigenvalue weighted by Crippen LogP contribution is 2.26. The molecule has 0 radical (unpaired) electrons. The quantitative estimate of drug-likeness (QED) is 0.346. The molecule has 3 rings (SSSR count). The summed E-state index contributed by atoms with van der Waals surface area (Å²) in [5.41, 5.74) is 6.54. The zero-order chi connectivity index (χ0) is 19.9. The van der Waals surface area contributed by atoms with E-state index in [9.17, 15) is 4.79 Å². The highest BCUT2D eigenvalue weighted by Gasteiger charge is 2.10. The minimum absolute atomic E-state index is 0.303. The van der Waals surface area contributed by atoms with Crippen LogP contribution in [0.5, 0.6) is 11.6 Å².